The molecule has 18 heavy (non-hydrogen) atoms. The van der Waals surface area contributed by atoms with Gasteiger partial charge in [-0.05, 0) is 38.3 Å². The maximum atomic E-state index is 12.1. The average Bonchev–Trinajstić information content (AvgIpc) is 2.24. The van der Waals surface area contributed by atoms with Crippen molar-refractivity contribution in [1.29, 1.82) is 0 Å². The molecule has 0 aliphatic carbocycles. The summed E-state index contributed by atoms with van der Waals surface area (Å²) >= 11 is 0. The monoisotopic (exact) mass is 261 g/mol. The highest BCUT2D eigenvalue weighted by Gasteiger charge is 2.27. The lowest BCUT2D eigenvalue weighted by atomic mass is 10.00. The van der Waals surface area contributed by atoms with E-state index in [-0.39, 0.29) is 12.5 Å². The van der Waals surface area contributed by atoms with Gasteiger partial charge in [0.25, 0.3) is 0 Å². The highest BCUT2D eigenvalue weighted by molar-refractivity contribution is 5.24. The number of hydrogen-bond acceptors (Lipinski definition) is 3. The summed E-state index contributed by atoms with van der Waals surface area (Å²) in [7, 11) is 0. The molecule has 0 spiro atoms. The molecule has 1 aromatic rings. The van der Waals surface area contributed by atoms with Gasteiger partial charge < -0.3 is 0 Å². The Morgan fingerprint density at radius 1 is 1.33 bits per heavy atom. The van der Waals surface area contributed by atoms with Crippen LogP contribution in [-0.4, -0.2) is 11.2 Å². The number of alkyl halides is 3. The molecule has 1 aromatic heterocycles. The van der Waals surface area contributed by atoms with Crippen LogP contribution in [0.1, 0.15) is 42.3 Å². The fraction of sp³-hybridized carbons (Fsp3) is 0.583. The maximum absolute atomic E-state index is 12.1. The number of nitrogens with zero attached hydrogens (tertiary/aromatic N) is 1. The molecule has 1 unspecified atom stereocenters. The van der Waals surface area contributed by atoms with Gasteiger partial charge in [0.05, 0.1) is 0 Å². The fourth-order valence-electron chi connectivity index (χ4n) is 1.90. The number of nitrogens with two attached hydrogens (primary N) is 1. The maximum Gasteiger partial charge on any atom is 0.389 e. The first-order valence-corrected chi connectivity index (χ1v) is 5.80. The third kappa shape index (κ3) is 4.62. The quantitative estimate of drug-likeness (QED) is 0.633. The molecule has 0 aliphatic heterocycles. The lowest BCUT2D eigenvalue weighted by molar-refractivity contribution is -0.135. The zero-order chi connectivity index (χ0) is 13.8. The first-order valence-electron chi connectivity index (χ1n) is 5.80. The van der Waals surface area contributed by atoms with Crippen molar-refractivity contribution in [3.05, 3.63) is 29.1 Å². The number of halogens is 3. The number of hydrogen-bond donors (Lipinski definition) is 2. The van der Waals surface area contributed by atoms with Crippen molar-refractivity contribution in [3.63, 3.8) is 0 Å². The van der Waals surface area contributed by atoms with Crippen LogP contribution in [0.4, 0.5) is 13.2 Å². The summed E-state index contributed by atoms with van der Waals surface area (Å²) < 4.78 is 36.2. The van der Waals surface area contributed by atoms with E-state index in [1.807, 2.05) is 26.0 Å². The van der Waals surface area contributed by atoms with E-state index in [9.17, 15) is 13.2 Å². The Kier molecular flexibility index (Phi) is 5.10. The molecule has 0 saturated carbocycles. The Hall–Kier alpha value is -1.14. The fourth-order valence-corrected chi connectivity index (χ4v) is 1.90. The molecular weight excluding hydrogens is 243 g/mol. The van der Waals surface area contributed by atoms with Crippen molar-refractivity contribution >= 4 is 0 Å². The summed E-state index contributed by atoms with van der Waals surface area (Å²) in [4.78, 5) is 4.28. The summed E-state index contributed by atoms with van der Waals surface area (Å²) in [6.45, 7) is 3.70. The van der Waals surface area contributed by atoms with Crippen LogP contribution in [0.5, 0.6) is 0 Å². The van der Waals surface area contributed by atoms with E-state index in [1.165, 1.54) is 0 Å². The summed E-state index contributed by atoms with van der Waals surface area (Å²) in [5.41, 5.74) is 5.08. The lowest BCUT2D eigenvalue weighted by Gasteiger charge is -2.18. The van der Waals surface area contributed by atoms with Gasteiger partial charge in [-0.2, -0.15) is 13.2 Å². The van der Waals surface area contributed by atoms with Gasteiger partial charge in [0.2, 0.25) is 0 Å². The molecular formula is C12H18F3N3. The van der Waals surface area contributed by atoms with Gasteiger partial charge in [-0.3, -0.25) is 16.3 Å². The lowest BCUT2D eigenvalue weighted by Crippen LogP contribution is -2.29. The third-order valence-corrected chi connectivity index (χ3v) is 2.80. The normalized spacial score (nSPS) is 13.7. The smallest absolute Gasteiger partial charge is 0.271 e. The molecule has 0 aliphatic rings. The molecule has 0 bridgehead atoms. The van der Waals surface area contributed by atoms with Crippen molar-refractivity contribution in [2.75, 3.05) is 0 Å². The largest absolute Gasteiger partial charge is 0.389 e. The van der Waals surface area contributed by atoms with Crippen LogP contribution in [0.25, 0.3) is 0 Å². The summed E-state index contributed by atoms with van der Waals surface area (Å²) in [6, 6.07) is 3.40. The third-order valence-electron chi connectivity index (χ3n) is 2.80. The standard InChI is InChI=1S/C12H18F3N3/c1-8-5-6-10(9(2)17-8)11(18-16)4-3-7-12(13,14)15/h5-6,11,18H,3-4,7,16H2,1-2H3. The molecule has 6 heteroatoms. The number of rotatable bonds is 5. The van der Waals surface area contributed by atoms with E-state index in [1.54, 1.807) is 0 Å². The first-order chi connectivity index (χ1) is 8.33. The van der Waals surface area contributed by atoms with Crippen molar-refractivity contribution < 1.29 is 13.2 Å². The Morgan fingerprint density at radius 3 is 2.50 bits per heavy atom. The van der Waals surface area contributed by atoms with Gasteiger partial charge in [-0.25, -0.2) is 0 Å². The molecule has 0 aromatic carbocycles. The van der Waals surface area contributed by atoms with Gasteiger partial charge in [0.1, 0.15) is 0 Å². The van der Waals surface area contributed by atoms with E-state index in [0.717, 1.165) is 17.0 Å². The summed E-state index contributed by atoms with van der Waals surface area (Å²) in [6.07, 6.45) is -4.52. The predicted molar refractivity (Wildman–Crippen MR) is 63.7 cm³/mol. The number of nitrogens with one attached hydrogen (secondary N) is 1. The SMILES string of the molecule is Cc1ccc(C(CCCC(F)(F)F)NN)c(C)n1. The van der Waals surface area contributed by atoms with E-state index < -0.39 is 12.6 Å². The molecule has 1 rings (SSSR count). The van der Waals surface area contributed by atoms with E-state index in [4.69, 9.17) is 5.84 Å². The van der Waals surface area contributed by atoms with E-state index in [0.29, 0.717) is 6.42 Å². The Bertz CT molecular complexity index is 391. The summed E-state index contributed by atoms with van der Waals surface area (Å²) in [5, 5.41) is 0. The molecule has 3 nitrogen and oxygen atoms in total. The molecule has 0 radical (unpaired) electrons. The predicted octanol–water partition coefficient (Wildman–Crippen LogP) is 2.94. The minimum atomic E-state index is -4.11. The van der Waals surface area contributed by atoms with Crippen LogP contribution < -0.4 is 11.3 Å². The Labute approximate surface area is 105 Å². The van der Waals surface area contributed by atoms with Gasteiger partial charge in [0.15, 0.2) is 0 Å². The second-order valence-electron chi connectivity index (χ2n) is 4.35. The van der Waals surface area contributed by atoms with Crippen molar-refractivity contribution in [3.8, 4) is 0 Å². The highest BCUT2D eigenvalue weighted by Crippen LogP contribution is 2.26. The van der Waals surface area contributed by atoms with Crippen LogP contribution in [0.3, 0.4) is 0 Å². The van der Waals surface area contributed by atoms with Crippen molar-refractivity contribution in [1.82, 2.24) is 10.4 Å². The van der Waals surface area contributed by atoms with E-state index >= 15 is 0 Å². The minimum Gasteiger partial charge on any atom is -0.271 e. The highest BCUT2D eigenvalue weighted by atomic mass is 19.4. The first kappa shape index (κ1) is 14.9. The topological polar surface area (TPSA) is 50.9 Å². The number of hydrazine groups is 1. The molecule has 0 amide bonds. The Balaban J connectivity index is 2.66. The van der Waals surface area contributed by atoms with Gasteiger partial charge in [0, 0.05) is 23.9 Å². The summed E-state index contributed by atoms with van der Waals surface area (Å²) in [5.74, 6) is 5.40. The average molecular weight is 261 g/mol. The molecule has 1 heterocycles. The second-order valence-corrected chi connectivity index (χ2v) is 4.35. The minimum absolute atomic E-state index is 0.0473. The zero-order valence-electron chi connectivity index (χ0n) is 10.5. The van der Waals surface area contributed by atoms with E-state index in [2.05, 4.69) is 10.4 Å². The van der Waals surface area contributed by atoms with Crippen molar-refractivity contribution in [2.45, 2.75) is 45.3 Å². The van der Waals surface area contributed by atoms with Crippen LogP contribution >= 0.6 is 0 Å². The second kappa shape index (κ2) is 6.15. The number of aromatic nitrogens is 1. The molecule has 1 atom stereocenters. The van der Waals surface area contributed by atoms with Gasteiger partial charge in [-0.1, -0.05) is 6.07 Å². The molecule has 3 N–H and O–H groups in total. The van der Waals surface area contributed by atoms with Crippen LogP contribution in [0.2, 0.25) is 0 Å². The van der Waals surface area contributed by atoms with Crippen LogP contribution in [-0.2, 0) is 0 Å². The van der Waals surface area contributed by atoms with Crippen LogP contribution in [0, 0.1) is 13.8 Å². The zero-order valence-corrected chi connectivity index (χ0v) is 10.5. The Morgan fingerprint density at radius 2 is 2.00 bits per heavy atom. The molecule has 102 valence electrons. The van der Waals surface area contributed by atoms with Gasteiger partial charge in [-0.15, -0.1) is 0 Å². The number of pyridine rings is 1. The van der Waals surface area contributed by atoms with Crippen molar-refractivity contribution in [2.24, 2.45) is 5.84 Å². The molecule has 0 fully saturated rings. The number of aryl methyl sites for hydroxylation is 2. The van der Waals surface area contributed by atoms with Gasteiger partial charge >= 0.3 is 6.18 Å². The van der Waals surface area contributed by atoms with Crippen LogP contribution in [0.15, 0.2) is 12.1 Å². The molecule has 0 saturated heterocycles.